The van der Waals surface area contributed by atoms with Gasteiger partial charge in [-0.3, -0.25) is 9.59 Å². The highest BCUT2D eigenvalue weighted by atomic mass is 17.3. The lowest BCUT2D eigenvalue weighted by Gasteiger charge is -2.59. The molecule has 8 nitrogen and oxygen atoms in total. The van der Waals surface area contributed by atoms with E-state index in [1.807, 2.05) is 13.8 Å². The van der Waals surface area contributed by atoms with Crippen molar-refractivity contribution in [1.29, 1.82) is 0 Å². The van der Waals surface area contributed by atoms with Gasteiger partial charge in [-0.25, -0.2) is 9.78 Å². The topological polar surface area (TPSA) is 101 Å². The van der Waals surface area contributed by atoms with Crippen LogP contribution in [0.5, 0.6) is 0 Å². The first-order valence-electron chi connectivity index (χ1n) is 9.86. The van der Waals surface area contributed by atoms with Crippen LogP contribution >= 0.6 is 0 Å². The number of hydrogen-bond donors (Lipinski definition) is 1. The molecule has 0 aromatic heterocycles. The summed E-state index contributed by atoms with van der Waals surface area (Å²) in [6.45, 7) is 6.06. The van der Waals surface area contributed by atoms with E-state index in [0.29, 0.717) is 12.3 Å². The average Bonchev–Trinajstić information content (AvgIpc) is 2.84. The maximum atomic E-state index is 12.1. The maximum absolute atomic E-state index is 12.1. The summed E-state index contributed by atoms with van der Waals surface area (Å²) in [6, 6.07) is 0. The number of carboxylic acids is 1. The van der Waals surface area contributed by atoms with E-state index in [1.165, 1.54) is 0 Å². The monoisotopic (exact) mass is 384 g/mol. The van der Waals surface area contributed by atoms with Crippen molar-refractivity contribution < 1.29 is 38.7 Å². The summed E-state index contributed by atoms with van der Waals surface area (Å²) in [4.78, 5) is 34.5. The Morgan fingerprint density at radius 3 is 2.63 bits per heavy atom. The lowest BCUT2D eigenvalue weighted by Crippen LogP contribution is -2.70. The molecule has 5 rings (SSSR count). The third-order valence-electron chi connectivity index (χ3n) is 6.89. The van der Waals surface area contributed by atoms with E-state index in [4.69, 9.17) is 29.1 Å². The largest absolute Gasteiger partial charge is 0.481 e. The SMILES string of the molecule is C[C@H]1C(OC(=O)CCC(=O)O)O[C@@H]2O[C@]3(C)CC[C@H]4[C@H](C)CCC1C24OO3. The number of fused-ring (bicyclic) bond motifs is 2. The number of carbonyl (C=O) groups is 2. The molecule has 8 atom stereocenters. The van der Waals surface area contributed by atoms with Gasteiger partial charge in [-0.1, -0.05) is 13.8 Å². The van der Waals surface area contributed by atoms with Crippen LogP contribution in [0.1, 0.15) is 59.3 Å². The van der Waals surface area contributed by atoms with Gasteiger partial charge in [-0.05, 0) is 38.0 Å². The van der Waals surface area contributed by atoms with E-state index in [2.05, 4.69) is 6.92 Å². The van der Waals surface area contributed by atoms with Crippen LogP contribution < -0.4 is 0 Å². The summed E-state index contributed by atoms with van der Waals surface area (Å²) in [5, 5.41) is 8.76. The molecule has 4 heterocycles. The molecule has 8 heteroatoms. The van der Waals surface area contributed by atoms with Crippen molar-refractivity contribution in [2.45, 2.75) is 83.3 Å². The number of carboxylic acid groups (broad SMARTS) is 1. The molecule has 0 radical (unpaired) electrons. The van der Waals surface area contributed by atoms with Crippen LogP contribution in [-0.4, -0.2) is 41.0 Å². The number of rotatable bonds is 4. The lowest BCUT2D eigenvalue weighted by molar-refractivity contribution is -0.576. The van der Waals surface area contributed by atoms with Crippen molar-refractivity contribution >= 4 is 11.9 Å². The minimum Gasteiger partial charge on any atom is -0.481 e. The molecule has 152 valence electrons. The van der Waals surface area contributed by atoms with Gasteiger partial charge in [0, 0.05) is 18.3 Å². The van der Waals surface area contributed by atoms with Crippen molar-refractivity contribution in [1.82, 2.24) is 0 Å². The van der Waals surface area contributed by atoms with Gasteiger partial charge in [0.05, 0.1) is 12.8 Å². The van der Waals surface area contributed by atoms with Gasteiger partial charge in [0.1, 0.15) is 0 Å². The summed E-state index contributed by atoms with van der Waals surface area (Å²) < 4.78 is 17.8. The standard InChI is InChI=1S/C19H28O8/c1-10-4-5-13-11(2)16(23-15(22)7-6-14(20)21)24-17-19(13)12(10)8-9-18(3,25-17)26-27-19/h10-13,16-17H,4-9H2,1-3H3,(H,20,21)/t10-,11-,12+,13?,16?,17-,18+,19?/m1/s1. The van der Waals surface area contributed by atoms with E-state index < -0.39 is 35.9 Å². The van der Waals surface area contributed by atoms with Crippen LogP contribution in [0.25, 0.3) is 0 Å². The van der Waals surface area contributed by atoms with Crippen LogP contribution in [-0.2, 0) is 33.6 Å². The Hall–Kier alpha value is -1.22. The number of carbonyl (C=O) groups excluding carboxylic acids is 1. The molecule has 5 fully saturated rings. The fourth-order valence-corrected chi connectivity index (χ4v) is 5.40. The zero-order valence-electron chi connectivity index (χ0n) is 16.0. The minimum atomic E-state index is -1.03. The Bertz CT molecular complexity index is 623. The second kappa shape index (κ2) is 6.69. The van der Waals surface area contributed by atoms with Gasteiger partial charge >= 0.3 is 11.9 Å². The molecular formula is C19H28O8. The molecule has 1 saturated carbocycles. The summed E-state index contributed by atoms with van der Waals surface area (Å²) in [7, 11) is 0. The van der Waals surface area contributed by atoms with Gasteiger partial charge in [-0.2, -0.15) is 0 Å². The summed E-state index contributed by atoms with van der Waals surface area (Å²) in [6.07, 6.45) is 1.72. The third-order valence-corrected chi connectivity index (χ3v) is 6.89. The molecule has 1 spiro atoms. The highest BCUT2D eigenvalue weighted by Gasteiger charge is 2.69. The van der Waals surface area contributed by atoms with Crippen molar-refractivity contribution in [3.05, 3.63) is 0 Å². The Balaban J connectivity index is 1.58. The number of hydrogen-bond acceptors (Lipinski definition) is 7. The van der Waals surface area contributed by atoms with Crippen LogP contribution in [0.15, 0.2) is 0 Å². The minimum absolute atomic E-state index is 0.0670. The van der Waals surface area contributed by atoms with E-state index in [-0.39, 0.29) is 30.6 Å². The first-order chi connectivity index (χ1) is 12.7. The van der Waals surface area contributed by atoms with E-state index >= 15 is 0 Å². The zero-order valence-corrected chi connectivity index (χ0v) is 16.0. The van der Waals surface area contributed by atoms with Gasteiger partial charge < -0.3 is 19.3 Å². The zero-order chi connectivity index (χ0) is 19.4. The molecule has 3 unspecified atom stereocenters. The van der Waals surface area contributed by atoms with Crippen molar-refractivity contribution in [3.63, 3.8) is 0 Å². The van der Waals surface area contributed by atoms with Crippen LogP contribution in [0.2, 0.25) is 0 Å². The molecule has 27 heavy (non-hydrogen) atoms. The first kappa shape index (κ1) is 19.1. The van der Waals surface area contributed by atoms with Crippen LogP contribution in [0.4, 0.5) is 0 Å². The second-order valence-electron chi connectivity index (χ2n) is 8.66. The molecule has 0 aromatic carbocycles. The Morgan fingerprint density at radius 2 is 1.89 bits per heavy atom. The third kappa shape index (κ3) is 3.06. The van der Waals surface area contributed by atoms with Gasteiger partial charge in [0.25, 0.3) is 0 Å². The number of aliphatic carboxylic acids is 1. The molecule has 4 aliphatic heterocycles. The van der Waals surface area contributed by atoms with E-state index in [1.54, 1.807) is 0 Å². The Labute approximate surface area is 158 Å². The van der Waals surface area contributed by atoms with E-state index in [9.17, 15) is 9.59 Å². The molecule has 2 bridgehead atoms. The highest BCUT2D eigenvalue weighted by molar-refractivity contribution is 5.76. The molecule has 0 amide bonds. The number of esters is 1. The fourth-order valence-electron chi connectivity index (χ4n) is 5.40. The predicted molar refractivity (Wildman–Crippen MR) is 89.8 cm³/mol. The summed E-state index contributed by atoms with van der Waals surface area (Å²) >= 11 is 0. The average molecular weight is 384 g/mol. The van der Waals surface area contributed by atoms with E-state index in [0.717, 1.165) is 19.3 Å². The van der Waals surface area contributed by atoms with Crippen molar-refractivity contribution in [3.8, 4) is 0 Å². The fraction of sp³-hybridized carbons (Fsp3) is 0.895. The molecule has 1 N–H and O–H groups in total. The second-order valence-corrected chi connectivity index (χ2v) is 8.66. The van der Waals surface area contributed by atoms with Crippen LogP contribution in [0, 0.1) is 23.7 Å². The lowest BCUT2D eigenvalue weighted by atomic mass is 9.58. The van der Waals surface area contributed by atoms with Gasteiger partial charge in [0.15, 0.2) is 11.9 Å². The highest BCUT2D eigenvalue weighted by Crippen LogP contribution is 2.60. The molecule has 4 saturated heterocycles. The molecular weight excluding hydrogens is 356 g/mol. The van der Waals surface area contributed by atoms with Crippen LogP contribution in [0.3, 0.4) is 0 Å². The number of ether oxygens (including phenoxy) is 3. The quantitative estimate of drug-likeness (QED) is 0.583. The Kier molecular flexibility index (Phi) is 4.73. The van der Waals surface area contributed by atoms with Gasteiger partial charge in [-0.15, -0.1) is 0 Å². The predicted octanol–water partition coefficient (Wildman–Crippen LogP) is 2.60. The smallest absolute Gasteiger partial charge is 0.308 e. The normalized spacial score (nSPS) is 48.4. The maximum Gasteiger partial charge on any atom is 0.308 e. The Morgan fingerprint density at radius 1 is 1.11 bits per heavy atom. The first-order valence-corrected chi connectivity index (χ1v) is 9.86. The molecule has 5 aliphatic rings. The molecule has 1 aliphatic carbocycles. The van der Waals surface area contributed by atoms with Crippen molar-refractivity contribution in [2.75, 3.05) is 0 Å². The summed E-state index contributed by atoms with van der Waals surface area (Å²) in [5.74, 6) is -1.82. The van der Waals surface area contributed by atoms with Gasteiger partial charge in [0.2, 0.25) is 12.1 Å². The van der Waals surface area contributed by atoms with Crippen molar-refractivity contribution in [2.24, 2.45) is 23.7 Å². The molecule has 0 aromatic rings. The summed E-state index contributed by atoms with van der Waals surface area (Å²) in [5.41, 5.74) is -0.697.